The molecule has 2 unspecified atom stereocenters. The smallest absolute Gasteiger partial charge is 0.138 e. The van der Waals surface area contributed by atoms with Crippen LogP contribution in [0.15, 0.2) is 0 Å². The summed E-state index contributed by atoms with van der Waals surface area (Å²) in [5.74, 6) is 0.796. The Labute approximate surface area is 96.1 Å². The van der Waals surface area contributed by atoms with E-state index in [-0.39, 0.29) is 0 Å². The Bertz CT molecular complexity index is 218. The fourth-order valence-electron chi connectivity index (χ4n) is 2.64. The summed E-state index contributed by atoms with van der Waals surface area (Å²) in [4.78, 5) is 11.9. The van der Waals surface area contributed by atoms with Crippen LogP contribution in [0.4, 0.5) is 0 Å². The lowest BCUT2D eigenvalue weighted by Crippen LogP contribution is -2.25. The lowest BCUT2D eigenvalue weighted by molar-refractivity contribution is -0.124. The van der Waals surface area contributed by atoms with Crippen LogP contribution in [0.25, 0.3) is 0 Å². The van der Waals surface area contributed by atoms with Gasteiger partial charge in [-0.05, 0) is 32.6 Å². The van der Waals surface area contributed by atoms with Crippen LogP contribution < -0.4 is 0 Å². The average Bonchev–Trinajstić information content (AvgIpc) is 2.58. The molecule has 15 heavy (non-hydrogen) atoms. The second kappa shape index (κ2) is 5.35. The number of fused-ring (bicyclic) bond motifs is 2. The van der Waals surface area contributed by atoms with Crippen LogP contribution >= 0.6 is 11.8 Å². The van der Waals surface area contributed by atoms with Crippen molar-refractivity contribution in [3.63, 3.8) is 0 Å². The third kappa shape index (κ3) is 2.97. The molecular formula is C12H20O2S. The van der Waals surface area contributed by atoms with Gasteiger partial charge in [0.2, 0.25) is 0 Å². The number of thioether (sulfide) groups is 1. The summed E-state index contributed by atoms with van der Waals surface area (Å²) in [7, 11) is 0. The van der Waals surface area contributed by atoms with Crippen molar-refractivity contribution in [2.24, 2.45) is 5.92 Å². The van der Waals surface area contributed by atoms with Crippen LogP contribution in [0.2, 0.25) is 0 Å². The van der Waals surface area contributed by atoms with Crippen molar-refractivity contribution in [1.29, 1.82) is 0 Å². The Kier molecular flexibility index (Phi) is 4.09. The highest BCUT2D eigenvalue weighted by Crippen LogP contribution is 2.46. The molecule has 0 aliphatic carbocycles. The summed E-state index contributed by atoms with van der Waals surface area (Å²) in [6.45, 7) is 3.31. The van der Waals surface area contributed by atoms with E-state index in [0.29, 0.717) is 24.7 Å². The molecule has 0 spiro atoms. The molecule has 2 saturated heterocycles. The van der Waals surface area contributed by atoms with Crippen molar-refractivity contribution in [2.75, 3.05) is 13.2 Å². The molecule has 2 aliphatic rings. The highest BCUT2D eigenvalue weighted by Gasteiger charge is 2.37. The van der Waals surface area contributed by atoms with Crippen LogP contribution in [-0.2, 0) is 9.53 Å². The van der Waals surface area contributed by atoms with E-state index in [9.17, 15) is 4.79 Å². The lowest BCUT2D eigenvalue weighted by Gasteiger charge is -2.26. The zero-order chi connectivity index (χ0) is 10.7. The van der Waals surface area contributed by atoms with Crippen molar-refractivity contribution in [2.45, 2.75) is 49.5 Å². The Morgan fingerprint density at radius 3 is 2.60 bits per heavy atom. The van der Waals surface area contributed by atoms with E-state index in [4.69, 9.17) is 4.74 Å². The van der Waals surface area contributed by atoms with Gasteiger partial charge in [-0.1, -0.05) is 0 Å². The molecule has 0 saturated carbocycles. The number of Topliss-reactive ketones (excluding diaryl/α,β-unsaturated/α-hetero) is 1. The van der Waals surface area contributed by atoms with Crippen molar-refractivity contribution < 1.29 is 9.53 Å². The highest BCUT2D eigenvalue weighted by atomic mass is 32.2. The van der Waals surface area contributed by atoms with Crippen LogP contribution in [0.1, 0.15) is 39.0 Å². The van der Waals surface area contributed by atoms with Gasteiger partial charge in [0, 0.05) is 29.4 Å². The molecule has 0 radical (unpaired) electrons. The minimum atomic E-state index is 0.351. The van der Waals surface area contributed by atoms with E-state index in [0.717, 1.165) is 29.9 Å². The third-order valence-corrected chi connectivity index (χ3v) is 5.07. The second-order valence-corrected chi connectivity index (χ2v) is 6.14. The van der Waals surface area contributed by atoms with Crippen LogP contribution in [0.5, 0.6) is 0 Å². The van der Waals surface area contributed by atoms with E-state index < -0.39 is 0 Å². The molecule has 3 heteroatoms. The minimum Gasteiger partial charge on any atom is -0.381 e. The summed E-state index contributed by atoms with van der Waals surface area (Å²) < 4.78 is 5.24. The van der Waals surface area contributed by atoms with Gasteiger partial charge in [-0.3, -0.25) is 4.79 Å². The lowest BCUT2D eigenvalue weighted by atomic mass is 9.93. The molecule has 2 atom stereocenters. The molecule has 2 aliphatic heterocycles. The molecule has 0 aromatic heterocycles. The van der Waals surface area contributed by atoms with Crippen LogP contribution in [0.3, 0.4) is 0 Å². The number of carbonyl (C=O) groups is 1. The molecular weight excluding hydrogens is 208 g/mol. The van der Waals surface area contributed by atoms with Gasteiger partial charge in [-0.2, -0.15) is 11.8 Å². The third-order valence-electron chi connectivity index (χ3n) is 3.44. The first-order valence-corrected chi connectivity index (χ1v) is 6.99. The largest absolute Gasteiger partial charge is 0.381 e. The first kappa shape index (κ1) is 11.5. The first-order valence-electron chi connectivity index (χ1n) is 6.05. The van der Waals surface area contributed by atoms with E-state index in [2.05, 4.69) is 11.8 Å². The Morgan fingerprint density at radius 2 is 2.00 bits per heavy atom. The summed E-state index contributed by atoms with van der Waals surface area (Å²) in [5.41, 5.74) is 0. The predicted octanol–water partition coefficient (Wildman–Crippen LogP) is 2.66. The van der Waals surface area contributed by atoms with Gasteiger partial charge in [0.15, 0.2) is 0 Å². The highest BCUT2D eigenvalue weighted by molar-refractivity contribution is 8.00. The standard InChI is InChI=1S/C12H20O2S/c1-2-14-6-5-12(13)9-7-10-3-4-11(8-9)15-10/h9-11H,2-8H2,1H3. The molecule has 0 amide bonds. The average molecular weight is 228 g/mol. The van der Waals surface area contributed by atoms with Crippen LogP contribution in [-0.4, -0.2) is 29.5 Å². The maximum absolute atomic E-state index is 11.9. The van der Waals surface area contributed by atoms with Gasteiger partial charge in [0.05, 0.1) is 6.61 Å². The molecule has 86 valence electrons. The van der Waals surface area contributed by atoms with Gasteiger partial charge in [0.25, 0.3) is 0 Å². The van der Waals surface area contributed by atoms with Crippen molar-refractivity contribution in [3.05, 3.63) is 0 Å². The number of ether oxygens (including phenoxy) is 1. The molecule has 2 heterocycles. The van der Waals surface area contributed by atoms with Crippen molar-refractivity contribution in [1.82, 2.24) is 0 Å². The minimum absolute atomic E-state index is 0.351. The molecule has 2 fully saturated rings. The van der Waals surface area contributed by atoms with Crippen molar-refractivity contribution in [3.8, 4) is 0 Å². The number of hydrogen-bond donors (Lipinski definition) is 0. The summed E-state index contributed by atoms with van der Waals surface area (Å²) in [5, 5.41) is 1.56. The Balaban J connectivity index is 1.76. The maximum Gasteiger partial charge on any atom is 0.138 e. The SMILES string of the molecule is CCOCCC(=O)C1CC2CCC(C1)S2. The Hall–Kier alpha value is -0.0200. The number of ketones is 1. The molecule has 2 bridgehead atoms. The quantitative estimate of drug-likeness (QED) is 0.677. The summed E-state index contributed by atoms with van der Waals surface area (Å²) in [6.07, 6.45) is 5.57. The van der Waals surface area contributed by atoms with E-state index in [1.807, 2.05) is 6.92 Å². The van der Waals surface area contributed by atoms with Gasteiger partial charge in [-0.25, -0.2) is 0 Å². The zero-order valence-electron chi connectivity index (χ0n) is 9.41. The monoisotopic (exact) mass is 228 g/mol. The summed E-state index contributed by atoms with van der Waals surface area (Å²) in [6, 6.07) is 0. The van der Waals surface area contributed by atoms with E-state index in [1.165, 1.54) is 12.8 Å². The maximum atomic E-state index is 11.9. The fraction of sp³-hybridized carbons (Fsp3) is 0.917. The summed E-state index contributed by atoms with van der Waals surface area (Å²) >= 11 is 2.12. The molecule has 0 N–H and O–H groups in total. The Morgan fingerprint density at radius 1 is 1.33 bits per heavy atom. The number of hydrogen-bond acceptors (Lipinski definition) is 3. The van der Waals surface area contributed by atoms with Gasteiger partial charge >= 0.3 is 0 Å². The molecule has 2 rings (SSSR count). The fourth-order valence-corrected chi connectivity index (χ4v) is 4.42. The van der Waals surface area contributed by atoms with E-state index >= 15 is 0 Å². The molecule has 0 aromatic rings. The van der Waals surface area contributed by atoms with Crippen molar-refractivity contribution >= 4 is 17.5 Å². The second-order valence-electron chi connectivity index (χ2n) is 4.54. The number of rotatable bonds is 5. The molecule has 2 nitrogen and oxygen atoms in total. The van der Waals surface area contributed by atoms with E-state index in [1.54, 1.807) is 0 Å². The zero-order valence-corrected chi connectivity index (χ0v) is 10.2. The van der Waals surface area contributed by atoms with Crippen LogP contribution in [0, 0.1) is 5.92 Å². The first-order chi connectivity index (χ1) is 7.29. The predicted molar refractivity (Wildman–Crippen MR) is 63.2 cm³/mol. The van der Waals surface area contributed by atoms with Gasteiger partial charge in [0.1, 0.15) is 5.78 Å². The number of carbonyl (C=O) groups excluding carboxylic acids is 1. The normalized spacial score (nSPS) is 34.3. The van der Waals surface area contributed by atoms with Gasteiger partial charge in [-0.15, -0.1) is 0 Å². The topological polar surface area (TPSA) is 26.3 Å². The van der Waals surface area contributed by atoms with Gasteiger partial charge < -0.3 is 4.74 Å². The molecule has 0 aromatic carbocycles.